The molecule has 2 aromatic carbocycles. The van der Waals surface area contributed by atoms with Crippen LogP contribution in [0.5, 0.6) is 0 Å². The van der Waals surface area contributed by atoms with Crippen LogP contribution in [0.1, 0.15) is 48.8 Å². The Hall–Kier alpha value is -5.02. The van der Waals surface area contributed by atoms with Crippen molar-refractivity contribution in [2.24, 2.45) is 10.9 Å². The normalized spacial score (nSPS) is 21.1. The lowest BCUT2D eigenvalue weighted by Gasteiger charge is -2.28. The van der Waals surface area contributed by atoms with E-state index in [1.807, 2.05) is 105 Å². The molecule has 0 saturated heterocycles. The van der Waals surface area contributed by atoms with Crippen molar-refractivity contribution in [3.05, 3.63) is 169 Å². The summed E-state index contributed by atoms with van der Waals surface area (Å²) in [6.07, 6.45) is 8.79. The highest BCUT2D eigenvalue weighted by Gasteiger charge is 2.27. The zero-order valence-electron chi connectivity index (χ0n) is 23.3. The fourth-order valence-electron chi connectivity index (χ4n) is 5.17. The van der Waals surface area contributed by atoms with Gasteiger partial charge in [-0.3, -0.25) is 25.5 Å². The summed E-state index contributed by atoms with van der Waals surface area (Å²) in [6.45, 7) is 3.79. The average molecular weight is 562 g/mol. The molecule has 4 atom stereocenters. The van der Waals surface area contributed by atoms with Gasteiger partial charge in [-0.1, -0.05) is 85.8 Å². The van der Waals surface area contributed by atoms with E-state index in [1.54, 1.807) is 18.2 Å². The number of allylic oxidation sites excluding steroid dienone is 2. The number of pyridine rings is 1. The van der Waals surface area contributed by atoms with Crippen LogP contribution in [-0.4, -0.2) is 32.6 Å². The van der Waals surface area contributed by atoms with Crippen molar-refractivity contribution in [2.75, 3.05) is 0 Å². The fraction of sp³-hybridized carbons (Fsp3) is 0.212. The molecule has 0 bridgehead atoms. The maximum Gasteiger partial charge on any atom is 0.265 e. The first-order chi connectivity index (χ1) is 20.3. The first-order valence-corrected chi connectivity index (χ1v) is 13.8. The molecule has 0 aliphatic heterocycles. The third kappa shape index (κ3) is 6.47. The molecule has 4 unspecified atom stereocenters. The number of hydrogen-bond donors (Lipinski definition) is 1. The zero-order valence-corrected chi connectivity index (χ0v) is 23.3. The van der Waals surface area contributed by atoms with Crippen LogP contribution in [-0.2, 0) is 0 Å². The van der Waals surface area contributed by atoms with Crippen LogP contribution in [0.3, 0.4) is 0 Å². The maximum atomic E-state index is 11.3. The lowest BCUT2D eigenvalue weighted by Crippen LogP contribution is -2.38. The summed E-state index contributed by atoms with van der Waals surface area (Å²) >= 11 is 0. The molecule has 1 heterocycles. The highest BCUT2D eigenvalue weighted by molar-refractivity contribution is 6.12. The number of aromatic nitrogens is 1. The van der Waals surface area contributed by atoms with E-state index in [2.05, 4.69) is 5.32 Å². The lowest BCUT2D eigenvalue weighted by molar-refractivity contribution is -0.508. The van der Waals surface area contributed by atoms with Gasteiger partial charge in [-0.2, -0.15) is 0 Å². The lowest BCUT2D eigenvalue weighted by atomic mass is 9.93. The van der Waals surface area contributed by atoms with Crippen molar-refractivity contribution >= 4 is 5.71 Å². The highest BCUT2D eigenvalue weighted by atomic mass is 16.6. The molecule has 2 aliphatic carbocycles. The summed E-state index contributed by atoms with van der Waals surface area (Å²) in [7, 11) is 0. The quantitative estimate of drug-likeness (QED) is 0.188. The summed E-state index contributed by atoms with van der Waals surface area (Å²) in [5, 5.41) is 26.3. The van der Waals surface area contributed by atoms with Crippen LogP contribution in [0, 0.1) is 26.1 Å². The second-order valence-electron chi connectivity index (χ2n) is 10.4. The van der Waals surface area contributed by atoms with Gasteiger partial charge in [0.15, 0.2) is 0 Å². The molecule has 42 heavy (non-hydrogen) atoms. The average Bonchev–Trinajstić information content (AvgIpc) is 3.00. The van der Waals surface area contributed by atoms with Gasteiger partial charge in [-0.05, 0) is 48.3 Å². The van der Waals surface area contributed by atoms with Gasteiger partial charge in [0.05, 0.1) is 33.8 Å². The third-order valence-corrected chi connectivity index (χ3v) is 7.44. The summed E-state index contributed by atoms with van der Waals surface area (Å²) in [4.78, 5) is 32.1. The predicted molar refractivity (Wildman–Crippen MR) is 162 cm³/mol. The summed E-state index contributed by atoms with van der Waals surface area (Å²) in [5.41, 5.74) is 5.49. The monoisotopic (exact) mass is 561 g/mol. The van der Waals surface area contributed by atoms with E-state index in [9.17, 15) is 20.2 Å². The molecular weight excluding hydrogens is 530 g/mol. The Kier molecular flexibility index (Phi) is 8.59. The van der Waals surface area contributed by atoms with Gasteiger partial charge in [0, 0.05) is 29.0 Å². The Labute approximate surface area is 244 Å². The Morgan fingerprint density at radius 3 is 2.33 bits per heavy atom. The van der Waals surface area contributed by atoms with Gasteiger partial charge in [-0.15, -0.1) is 0 Å². The first kappa shape index (κ1) is 28.5. The van der Waals surface area contributed by atoms with Crippen LogP contribution in [0.2, 0.25) is 0 Å². The Morgan fingerprint density at radius 2 is 1.69 bits per heavy atom. The summed E-state index contributed by atoms with van der Waals surface area (Å²) in [6, 6.07) is 24.3. The third-order valence-electron chi connectivity index (χ3n) is 7.44. The van der Waals surface area contributed by atoms with Gasteiger partial charge >= 0.3 is 0 Å². The van der Waals surface area contributed by atoms with Crippen molar-refractivity contribution in [1.29, 1.82) is 0 Å². The molecule has 3 aromatic rings. The molecular formula is C33H31N5O4. The molecule has 0 radical (unpaired) electrons. The summed E-state index contributed by atoms with van der Waals surface area (Å²) in [5.74, 6) is -0.109. The number of rotatable bonds is 9. The van der Waals surface area contributed by atoms with E-state index in [0.717, 1.165) is 22.4 Å². The van der Waals surface area contributed by atoms with E-state index in [1.165, 1.54) is 0 Å². The van der Waals surface area contributed by atoms with Crippen molar-refractivity contribution in [3.63, 3.8) is 0 Å². The molecule has 0 amide bonds. The Morgan fingerprint density at radius 1 is 0.976 bits per heavy atom. The highest BCUT2D eigenvalue weighted by Crippen LogP contribution is 2.27. The molecule has 5 rings (SSSR count). The van der Waals surface area contributed by atoms with Crippen molar-refractivity contribution in [2.45, 2.75) is 38.4 Å². The van der Waals surface area contributed by atoms with Gasteiger partial charge in [-0.25, -0.2) is 9.98 Å². The first-order valence-electron chi connectivity index (χ1n) is 13.8. The van der Waals surface area contributed by atoms with E-state index in [4.69, 9.17) is 9.98 Å². The Balaban J connectivity index is 1.54. The Bertz CT molecular complexity index is 1630. The van der Waals surface area contributed by atoms with Crippen molar-refractivity contribution in [3.8, 4) is 0 Å². The molecule has 2 aliphatic rings. The van der Waals surface area contributed by atoms with Crippen LogP contribution >= 0.6 is 0 Å². The standard InChI is InChI=1S/C33H31N5O4/c1-22-20-26(37(39)40)16-18-28(22)35-32(24-10-5-3-6-11-24)30-14-9-15-31(34-30)33(25-12-7-4-8-13-25)36-29-19-17-27(38(41)42)21-23(29)2/h3-16,18-22,27-28,32,35H,17H2,1-2H3. The fourth-order valence-corrected chi connectivity index (χ4v) is 5.17. The molecule has 0 spiro atoms. The van der Waals surface area contributed by atoms with E-state index >= 15 is 0 Å². The molecule has 212 valence electrons. The number of benzene rings is 2. The summed E-state index contributed by atoms with van der Waals surface area (Å²) < 4.78 is 0. The number of aliphatic imine (C=N–C) groups is 1. The second-order valence-corrected chi connectivity index (χ2v) is 10.4. The number of nitro groups is 2. The molecule has 1 N–H and O–H groups in total. The van der Waals surface area contributed by atoms with Crippen LogP contribution in [0.25, 0.3) is 0 Å². The van der Waals surface area contributed by atoms with Gasteiger partial charge in [0.1, 0.15) is 0 Å². The molecule has 0 saturated carbocycles. The van der Waals surface area contributed by atoms with E-state index < -0.39 is 6.04 Å². The van der Waals surface area contributed by atoms with E-state index in [0.29, 0.717) is 17.1 Å². The largest absolute Gasteiger partial charge is 0.298 e. The number of nitrogens with one attached hydrogen (secondary N) is 1. The molecule has 9 heteroatoms. The van der Waals surface area contributed by atoms with Gasteiger partial charge in [0.25, 0.3) is 5.70 Å². The predicted octanol–water partition coefficient (Wildman–Crippen LogP) is 6.21. The molecule has 9 nitrogen and oxygen atoms in total. The van der Waals surface area contributed by atoms with Crippen LogP contribution in [0.15, 0.2) is 131 Å². The topological polar surface area (TPSA) is 124 Å². The van der Waals surface area contributed by atoms with Crippen molar-refractivity contribution < 1.29 is 9.85 Å². The smallest absolute Gasteiger partial charge is 0.265 e. The minimum Gasteiger partial charge on any atom is -0.298 e. The van der Waals surface area contributed by atoms with Crippen molar-refractivity contribution in [1.82, 2.24) is 10.3 Å². The molecule has 1 aromatic heterocycles. The van der Waals surface area contributed by atoms with Gasteiger partial charge in [0.2, 0.25) is 6.04 Å². The minimum absolute atomic E-state index is 0.0894. The van der Waals surface area contributed by atoms with E-state index in [-0.39, 0.29) is 40.0 Å². The maximum absolute atomic E-state index is 11.3. The zero-order chi connectivity index (χ0) is 29.6. The number of hydrogen-bond acceptors (Lipinski definition) is 7. The second kappa shape index (κ2) is 12.7. The molecule has 0 fully saturated rings. The van der Waals surface area contributed by atoms with Gasteiger partial charge < -0.3 is 0 Å². The van der Waals surface area contributed by atoms with Crippen LogP contribution in [0.4, 0.5) is 0 Å². The minimum atomic E-state index is -0.754. The number of nitrogens with zero attached hydrogens (tertiary/aromatic N) is 4. The SMILES string of the molecule is CC1=CC([N+](=O)[O-])CC=C1N=C(c1ccccc1)c1cccc(C(NC2C=CC([N+](=O)[O-])=CC2C)c2ccccc2)n1. The van der Waals surface area contributed by atoms with Crippen LogP contribution < -0.4 is 5.32 Å².